The minimum Gasteiger partial charge on any atom is -0.506 e. The minimum atomic E-state index is 0.265. The normalized spacial score (nSPS) is 27.7. The van der Waals surface area contributed by atoms with Gasteiger partial charge in [0.15, 0.2) is 0 Å². The van der Waals surface area contributed by atoms with Crippen molar-refractivity contribution in [3.63, 3.8) is 0 Å². The van der Waals surface area contributed by atoms with Crippen LogP contribution in [0.5, 0.6) is 5.75 Å². The molecule has 0 radical (unpaired) electrons. The Labute approximate surface area is 125 Å². The molecule has 1 aliphatic carbocycles. The first kappa shape index (κ1) is 14.4. The summed E-state index contributed by atoms with van der Waals surface area (Å²) in [5.41, 5.74) is 1.18. The first-order valence-electron chi connectivity index (χ1n) is 6.39. The number of phenolic OH excluding ortho intramolecular Hbond substituents is 1. The van der Waals surface area contributed by atoms with Gasteiger partial charge in [-0.2, -0.15) is 0 Å². The van der Waals surface area contributed by atoms with Gasteiger partial charge in [-0.3, -0.25) is 0 Å². The van der Waals surface area contributed by atoms with E-state index in [4.69, 9.17) is 0 Å². The van der Waals surface area contributed by atoms with Crippen LogP contribution in [0.1, 0.15) is 32.3 Å². The molecule has 0 heterocycles. The molecule has 0 spiro atoms. The lowest BCUT2D eigenvalue weighted by molar-refractivity contribution is 0.369. The summed E-state index contributed by atoms with van der Waals surface area (Å²) in [6.45, 7) is 5.51. The van der Waals surface area contributed by atoms with Crippen molar-refractivity contribution in [2.45, 2.75) is 39.3 Å². The number of hydrogen-bond donors (Lipinski definition) is 2. The molecule has 2 N–H and O–H groups in total. The molecule has 2 rings (SSSR count). The Morgan fingerprint density at radius 1 is 1.22 bits per heavy atom. The smallest absolute Gasteiger partial charge is 0.143 e. The third-order valence-corrected chi connectivity index (χ3v) is 5.32. The lowest BCUT2D eigenvalue weighted by Crippen LogP contribution is -2.31. The number of aromatic hydroxyl groups is 1. The van der Waals surface area contributed by atoms with E-state index < -0.39 is 0 Å². The Balaban J connectivity index is 1.99. The second kappa shape index (κ2) is 5.93. The van der Waals surface area contributed by atoms with E-state index in [1.54, 1.807) is 0 Å². The average Bonchev–Trinajstić information content (AvgIpc) is 2.64. The second-order valence-electron chi connectivity index (χ2n) is 5.31. The number of halogens is 2. The molecule has 1 aromatic rings. The molecule has 18 heavy (non-hydrogen) atoms. The predicted molar refractivity (Wildman–Crippen MR) is 81.7 cm³/mol. The van der Waals surface area contributed by atoms with Gasteiger partial charge >= 0.3 is 0 Å². The maximum Gasteiger partial charge on any atom is 0.143 e. The van der Waals surface area contributed by atoms with Crippen molar-refractivity contribution >= 4 is 31.9 Å². The molecular formula is C14H19Br2NO. The predicted octanol–water partition coefficient (Wildman–Crippen LogP) is 4.44. The minimum absolute atomic E-state index is 0.265. The van der Waals surface area contributed by atoms with Crippen LogP contribution in [-0.2, 0) is 6.54 Å². The first-order valence-corrected chi connectivity index (χ1v) is 7.98. The largest absolute Gasteiger partial charge is 0.506 e. The molecule has 1 saturated carbocycles. The van der Waals surface area contributed by atoms with E-state index in [9.17, 15) is 5.11 Å². The summed E-state index contributed by atoms with van der Waals surface area (Å²) in [5.74, 6) is 1.83. The Morgan fingerprint density at radius 2 is 1.83 bits per heavy atom. The summed E-state index contributed by atoms with van der Waals surface area (Å²) in [6.07, 6.45) is 2.59. The van der Waals surface area contributed by atoms with Crippen LogP contribution >= 0.6 is 31.9 Å². The number of rotatable bonds is 3. The van der Waals surface area contributed by atoms with Crippen LogP contribution in [-0.4, -0.2) is 11.1 Å². The average molecular weight is 377 g/mol. The molecule has 0 aromatic heterocycles. The molecule has 3 atom stereocenters. The molecule has 0 bridgehead atoms. The highest BCUT2D eigenvalue weighted by molar-refractivity contribution is 9.11. The van der Waals surface area contributed by atoms with E-state index in [0.29, 0.717) is 6.04 Å². The monoisotopic (exact) mass is 375 g/mol. The molecule has 100 valence electrons. The maximum absolute atomic E-state index is 9.67. The Hall–Kier alpha value is -0.0600. The fourth-order valence-electron chi connectivity index (χ4n) is 2.62. The number of phenols is 1. The van der Waals surface area contributed by atoms with Crippen LogP contribution < -0.4 is 5.32 Å². The van der Waals surface area contributed by atoms with Gasteiger partial charge in [0, 0.05) is 12.6 Å². The van der Waals surface area contributed by atoms with Gasteiger partial charge in [0.05, 0.1) is 8.95 Å². The van der Waals surface area contributed by atoms with Gasteiger partial charge in [0.2, 0.25) is 0 Å². The Bertz CT molecular complexity index is 413. The molecule has 0 amide bonds. The molecular weight excluding hydrogens is 358 g/mol. The number of hydrogen-bond acceptors (Lipinski definition) is 2. The van der Waals surface area contributed by atoms with Crippen molar-refractivity contribution in [2.24, 2.45) is 11.8 Å². The fourth-order valence-corrected chi connectivity index (χ4v) is 3.90. The SMILES string of the molecule is CC1CCC(NCc2cc(Br)c(O)c(Br)c2)C1C. The number of benzene rings is 1. The lowest BCUT2D eigenvalue weighted by Gasteiger charge is -2.20. The van der Waals surface area contributed by atoms with Crippen LogP contribution in [0.4, 0.5) is 0 Å². The highest BCUT2D eigenvalue weighted by atomic mass is 79.9. The van der Waals surface area contributed by atoms with Crippen molar-refractivity contribution in [3.05, 3.63) is 26.6 Å². The standard InChI is InChI=1S/C14H19Br2NO/c1-8-3-4-13(9(8)2)17-7-10-5-11(15)14(18)12(16)6-10/h5-6,8-9,13,17-18H,3-4,7H2,1-2H3. The zero-order valence-electron chi connectivity index (χ0n) is 10.7. The maximum atomic E-state index is 9.67. The van der Waals surface area contributed by atoms with Gasteiger partial charge in [-0.1, -0.05) is 13.8 Å². The first-order chi connectivity index (χ1) is 8.49. The van der Waals surface area contributed by atoms with Crippen molar-refractivity contribution in [1.82, 2.24) is 5.32 Å². The van der Waals surface area contributed by atoms with Gasteiger partial charge in [-0.05, 0) is 74.2 Å². The van der Waals surface area contributed by atoms with Gasteiger partial charge in [-0.15, -0.1) is 0 Å². The van der Waals surface area contributed by atoms with E-state index >= 15 is 0 Å². The Kier molecular flexibility index (Phi) is 4.73. The summed E-state index contributed by atoms with van der Waals surface area (Å²) in [7, 11) is 0. The molecule has 1 aromatic carbocycles. The van der Waals surface area contributed by atoms with Crippen LogP contribution in [0.15, 0.2) is 21.1 Å². The van der Waals surface area contributed by atoms with E-state index in [2.05, 4.69) is 51.0 Å². The topological polar surface area (TPSA) is 32.3 Å². The molecule has 3 unspecified atom stereocenters. The van der Waals surface area contributed by atoms with Gasteiger partial charge in [0.1, 0.15) is 5.75 Å². The summed E-state index contributed by atoms with van der Waals surface area (Å²) in [6, 6.07) is 4.55. The zero-order valence-corrected chi connectivity index (χ0v) is 13.9. The second-order valence-corrected chi connectivity index (χ2v) is 7.02. The van der Waals surface area contributed by atoms with Crippen molar-refractivity contribution in [3.8, 4) is 5.75 Å². The quantitative estimate of drug-likeness (QED) is 0.817. The van der Waals surface area contributed by atoms with E-state index in [1.807, 2.05) is 12.1 Å². The van der Waals surface area contributed by atoms with Gasteiger partial charge < -0.3 is 10.4 Å². The molecule has 1 aliphatic rings. The van der Waals surface area contributed by atoms with Crippen LogP contribution in [0.2, 0.25) is 0 Å². The zero-order chi connectivity index (χ0) is 13.3. The van der Waals surface area contributed by atoms with Crippen molar-refractivity contribution in [2.75, 3.05) is 0 Å². The summed E-state index contributed by atoms with van der Waals surface area (Å²) in [5, 5.41) is 13.3. The number of nitrogens with one attached hydrogen (secondary N) is 1. The van der Waals surface area contributed by atoms with Gasteiger partial charge in [-0.25, -0.2) is 0 Å². The fraction of sp³-hybridized carbons (Fsp3) is 0.571. The van der Waals surface area contributed by atoms with E-state index in [0.717, 1.165) is 27.3 Å². The van der Waals surface area contributed by atoms with Crippen molar-refractivity contribution in [1.29, 1.82) is 0 Å². The third-order valence-electron chi connectivity index (χ3n) is 4.11. The van der Waals surface area contributed by atoms with Crippen LogP contribution in [0, 0.1) is 11.8 Å². The summed E-state index contributed by atoms with van der Waals surface area (Å²) < 4.78 is 1.48. The summed E-state index contributed by atoms with van der Waals surface area (Å²) in [4.78, 5) is 0. The van der Waals surface area contributed by atoms with Crippen LogP contribution in [0.25, 0.3) is 0 Å². The Morgan fingerprint density at radius 3 is 2.33 bits per heavy atom. The molecule has 2 nitrogen and oxygen atoms in total. The molecule has 0 aliphatic heterocycles. The molecule has 1 fully saturated rings. The molecule has 4 heteroatoms. The highest BCUT2D eigenvalue weighted by Gasteiger charge is 2.29. The highest BCUT2D eigenvalue weighted by Crippen LogP contribution is 2.34. The summed E-state index contributed by atoms with van der Waals surface area (Å²) >= 11 is 6.73. The lowest BCUT2D eigenvalue weighted by atomic mass is 9.98. The van der Waals surface area contributed by atoms with Crippen LogP contribution in [0.3, 0.4) is 0 Å². The van der Waals surface area contributed by atoms with E-state index in [-0.39, 0.29) is 5.75 Å². The van der Waals surface area contributed by atoms with Gasteiger partial charge in [0.25, 0.3) is 0 Å². The van der Waals surface area contributed by atoms with E-state index in [1.165, 1.54) is 18.4 Å². The molecule has 0 saturated heterocycles. The van der Waals surface area contributed by atoms with Crippen molar-refractivity contribution < 1.29 is 5.11 Å². The third kappa shape index (κ3) is 3.09.